The number of aromatic amines is 1. The number of carbonyl (C=O) groups is 2. The van der Waals surface area contributed by atoms with Crippen molar-refractivity contribution < 1.29 is 19.4 Å². The molecule has 0 radical (unpaired) electrons. The van der Waals surface area contributed by atoms with Gasteiger partial charge in [-0.2, -0.15) is 5.10 Å². The summed E-state index contributed by atoms with van der Waals surface area (Å²) in [6, 6.07) is -0.704. The molecule has 2 rings (SSSR count). The quantitative estimate of drug-likeness (QED) is 0.367. The molecule has 1 aromatic heterocycles. The Kier molecular flexibility index (Phi) is 4.68. The van der Waals surface area contributed by atoms with E-state index in [1.807, 2.05) is 5.32 Å². The third kappa shape index (κ3) is 3.20. The van der Waals surface area contributed by atoms with E-state index in [-0.39, 0.29) is 30.0 Å². The number of hydrazone groups is 1. The maximum atomic E-state index is 11.8. The van der Waals surface area contributed by atoms with Gasteiger partial charge in [0, 0.05) is 7.11 Å². The van der Waals surface area contributed by atoms with Crippen molar-refractivity contribution in [2.24, 2.45) is 5.10 Å². The second-order valence-corrected chi connectivity index (χ2v) is 4.68. The van der Waals surface area contributed by atoms with Gasteiger partial charge < -0.3 is 9.84 Å². The van der Waals surface area contributed by atoms with Crippen LogP contribution in [0.2, 0.25) is 0 Å². The van der Waals surface area contributed by atoms with Crippen LogP contribution in [-0.2, 0) is 16.1 Å². The largest absolute Gasteiger partial charge is 0.494 e. The van der Waals surface area contributed by atoms with Gasteiger partial charge in [-0.25, -0.2) is 9.80 Å². The van der Waals surface area contributed by atoms with Gasteiger partial charge in [0.05, 0.1) is 19.4 Å². The zero-order valence-electron chi connectivity index (χ0n) is 11.5. The molecule has 1 aliphatic heterocycles. The van der Waals surface area contributed by atoms with Gasteiger partial charge >= 0.3 is 6.03 Å². The number of nitrogens with one attached hydrogen (secondary N) is 2. The van der Waals surface area contributed by atoms with Crippen LogP contribution in [0.1, 0.15) is 5.56 Å². The van der Waals surface area contributed by atoms with Gasteiger partial charge in [-0.15, -0.1) is 0 Å². The number of aromatic hydroxyl groups is 1. The van der Waals surface area contributed by atoms with E-state index in [0.29, 0.717) is 0 Å². The number of urea groups is 1. The lowest BCUT2D eigenvalue weighted by molar-refractivity contribution is -0.118. The van der Waals surface area contributed by atoms with E-state index in [2.05, 4.69) is 10.1 Å². The topological polar surface area (TPSA) is 129 Å². The summed E-state index contributed by atoms with van der Waals surface area (Å²) in [5.74, 6) is -0.906. The Morgan fingerprint density at radius 3 is 2.77 bits per heavy atom. The Labute approximate surface area is 129 Å². The second-order valence-electron chi connectivity index (χ2n) is 4.30. The van der Waals surface area contributed by atoms with Crippen molar-refractivity contribution in [1.82, 2.24) is 19.9 Å². The summed E-state index contributed by atoms with van der Waals surface area (Å²) in [5, 5.41) is 16.7. The first-order valence-electron chi connectivity index (χ1n) is 6.14. The van der Waals surface area contributed by atoms with Gasteiger partial charge in [-0.3, -0.25) is 24.5 Å². The molecule has 11 heteroatoms. The van der Waals surface area contributed by atoms with E-state index in [0.717, 1.165) is 11.2 Å². The number of H-pyrrole nitrogens is 1. The summed E-state index contributed by atoms with van der Waals surface area (Å²) < 4.78 is 6.18. The van der Waals surface area contributed by atoms with Crippen LogP contribution in [0.25, 0.3) is 0 Å². The zero-order chi connectivity index (χ0) is 16.3. The summed E-state index contributed by atoms with van der Waals surface area (Å²) in [6.45, 7) is 0.242. The van der Waals surface area contributed by atoms with Crippen molar-refractivity contribution >= 4 is 30.4 Å². The van der Waals surface area contributed by atoms with Crippen molar-refractivity contribution in [3.05, 3.63) is 20.7 Å². The average molecular weight is 327 g/mol. The summed E-state index contributed by atoms with van der Waals surface area (Å²) in [6.07, 6.45) is 0.990. The molecule has 3 amide bonds. The maximum Gasteiger partial charge on any atom is 0.344 e. The molecule has 0 atom stereocenters. The van der Waals surface area contributed by atoms with Crippen LogP contribution in [0.5, 0.6) is 5.88 Å². The molecule has 10 nitrogen and oxygen atoms in total. The Balaban J connectivity index is 2.34. The summed E-state index contributed by atoms with van der Waals surface area (Å²) >= 11 is 4.95. The van der Waals surface area contributed by atoms with E-state index < -0.39 is 23.4 Å². The average Bonchev–Trinajstić information content (AvgIpc) is 2.76. The number of carbonyl (C=O) groups excluding carboxylic acids is 2. The highest BCUT2D eigenvalue weighted by molar-refractivity contribution is 7.71. The van der Waals surface area contributed by atoms with Gasteiger partial charge in [0.15, 0.2) is 4.77 Å². The Hall–Kier alpha value is -2.53. The zero-order valence-corrected chi connectivity index (χ0v) is 12.3. The second kappa shape index (κ2) is 6.49. The molecular formula is C11H13N5O5S. The number of hydrogen-bond donors (Lipinski definition) is 3. The van der Waals surface area contributed by atoms with Crippen molar-refractivity contribution in [2.75, 3.05) is 20.3 Å². The molecule has 118 valence electrons. The van der Waals surface area contributed by atoms with Gasteiger partial charge in [-0.05, 0) is 12.2 Å². The van der Waals surface area contributed by atoms with Crippen molar-refractivity contribution in [3.8, 4) is 5.88 Å². The van der Waals surface area contributed by atoms with E-state index in [4.69, 9.17) is 17.0 Å². The number of amides is 3. The number of hydrogen-bond acceptors (Lipinski definition) is 7. The molecule has 1 aliphatic rings. The first-order chi connectivity index (χ1) is 10.4. The summed E-state index contributed by atoms with van der Waals surface area (Å²) in [4.78, 5) is 36.6. The minimum atomic E-state index is -0.704. The van der Waals surface area contributed by atoms with Crippen LogP contribution in [0.4, 0.5) is 4.79 Å². The molecular weight excluding hydrogens is 314 g/mol. The fraction of sp³-hybridized carbons (Fsp3) is 0.364. The molecule has 1 saturated heterocycles. The minimum Gasteiger partial charge on any atom is -0.494 e. The third-order valence-electron chi connectivity index (χ3n) is 2.83. The van der Waals surface area contributed by atoms with E-state index in [1.54, 1.807) is 0 Å². The fourth-order valence-electron chi connectivity index (χ4n) is 1.73. The lowest BCUT2D eigenvalue weighted by Crippen LogP contribution is -2.25. The molecule has 0 aromatic carbocycles. The maximum absolute atomic E-state index is 11.8. The smallest absolute Gasteiger partial charge is 0.344 e. The van der Waals surface area contributed by atoms with Crippen molar-refractivity contribution in [3.63, 3.8) is 0 Å². The molecule has 0 aliphatic carbocycles. The summed E-state index contributed by atoms with van der Waals surface area (Å²) in [5.41, 5.74) is -0.845. The first kappa shape index (κ1) is 15.9. The normalized spacial score (nSPS) is 14.9. The van der Waals surface area contributed by atoms with Gasteiger partial charge in [0.1, 0.15) is 12.1 Å². The van der Waals surface area contributed by atoms with Crippen LogP contribution in [0, 0.1) is 4.77 Å². The SMILES string of the molecule is COCCn1c(O)c(C=NN2CC(=O)NC2=O)c(=O)[nH]c1=S. The third-order valence-corrected chi connectivity index (χ3v) is 3.15. The predicted octanol–water partition coefficient (Wildman–Crippen LogP) is -0.856. The van der Waals surface area contributed by atoms with E-state index in [9.17, 15) is 19.5 Å². The van der Waals surface area contributed by atoms with Gasteiger partial charge in [-0.1, -0.05) is 0 Å². The van der Waals surface area contributed by atoms with Crippen LogP contribution in [0.3, 0.4) is 0 Å². The molecule has 22 heavy (non-hydrogen) atoms. The molecule has 1 aromatic rings. The Morgan fingerprint density at radius 2 is 2.18 bits per heavy atom. The standard InChI is InChI=1S/C11H13N5O5S/c1-21-3-2-15-9(19)6(8(18)14-11(15)22)4-12-16-5-7(17)13-10(16)20/h4,19H,2-3,5H2,1H3,(H,13,17,20)(H,14,18,22). The highest BCUT2D eigenvalue weighted by Crippen LogP contribution is 2.11. The molecule has 0 bridgehead atoms. The number of aromatic nitrogens is 2. The molecule has 0 saturated carbocycles. The minimum absolute atomic E-state index is 0.0331. The molecule has 3 N–H and O–H groups in total. The monoisotopic (exact) mass is 327 g/mol. The molecule has 0 spiro atoms. The fourth-order valence-corrected chi connectivity index (χ4v) is 2.00. The number of rotatable bonds is 5. The number of imide groups is 1. The molecule has 2 heterocycles. The number of methoxy groups -OCH3 is 1. The highest BCUT2D eigenvalue weighted by Gasteiger charge is 2.26. The first-order valence-corrected chi connectivity index (χ1v) is 6.55. The van der Waals surface area contributed by atoms with Crippen molar-refractivity contribution in [1.29, 1.82) is 0 Å². The molecule has 0 unspecified atom stereocenters. The lowest BCUT2D eigenvalue weighted by atomic mass is 10.3. The number of nitrogens with zero attached hydrogens (tertiary/aromatic N) is 3. The van der Waals surface area contributed by atoms with Crippen LogP contribution in [-0.4, -0.2) is 58.1 Å². The number of ether oxygens (including phenoxy) is 1. The van der Waals surface area contributed by atoms with Crippen LogP contribution < -0.4 is 10.9 Å². The van der Waals surface area contributed by atoms with E-state index >= 15 is 0 Å². The highest BCUT2D eigenvalue weighted by atomic mass is 32.1. The molecule has 1 fully saturated rings. The van der Waals surface area contributed by atoms with Gasteiger partial charge in [0.2, 0.25) is 11.8 Å². The van der Waals surface area contributed by atoms with Gasteiger partial charge in [0.25, 0.3) is 5.56 Å². The Morgan fingerprint density at radius 1 is 1.45 bits per heavy atom. The summed E-state index contributed by atoms with van der Waals surface area (Å²) in [7, 11) is 1.48. The lowest BCUT2D eigenvalue weighted by Gasteiger charge is -2.10. The van der Waals surface area contributed by atoms with Crippen LogP contribution in [0.15, 0.2) is 9.90 Å². The van der Waals surface area contributed by atoms with Crippen molar-refractivity contribution in [2.45, 2.75) is 6.54 Å². The Bertz CT molecular complexity index is 752. The van der Waals surface area contributed by atoms with Crippen LogP contribution >= 0.6 is 12.2 Å². The van der Waals surface area contributed by atoms with E-state index in [1.165, 1.54) is 11.7 Å². The predicted molar refractivity (Wildman–Crippen MR) is 77.3 cm³/mol.